The second-order valence-electron chi connectivity index (χ2n) is 4.58. The monoisotopic (exact) mass is 250 g/mol. The van der Waals surface area contributed by atoms with Crippen molar-refractivity contribution in [1.82, 2.24) is 5.32 Å². The van der Waals surface area contributed by atoms with Crippen LogP contribution in [0.15, 0.2) is 30.3 Å². The van der Waals surface area contributed by atoms with Gasteiger partial charge in [-0.3, -0.25) is 0 Å². The Morgan fingerprint density at radius 1 is 1.28 bits per heavy atom. The lowest BCUT2D eigenvalue weighted by Gasteiger charge is -2.29. The Bertz CT molecular complexity index is 303. The number of anilines is 1. The standard InChI is InChI=1S/C15H26N2O/c1-4-5-11-17(12-14(16-2)13-18-3)15-9-7-6-8-10-15/h6-10,14,16H,4-5,11-13H2,1-3H3. The Hall–Kier alpha value is -1.06. The minimum absolute atomic E-state index is 0.368. The van der Waals surface area contributed by atoms with Gasteiger partial charge in [0, 0.05) is 31.9 Å². The average Bonchev–Trinajstić information content (AvgIpc) is 2.43. The fourth-order valence-corrected chi connectivity index (χ4v) is 2.01. The molecular formula is C15H26N2O. The van der Waals surface area contributed by atoms with E-state index in [0.29, 0.717) is 6.04 Å². The van der Waals surface area contributed by atoms with E-state index in [1.807, 2.05) is 7.05 Å². The van der Waals surface area contributed by atoms with Crippen LogP contribution >= 0.6 is 0 Å². The summed E-state index contributed by atoms with van der Waals surface area (Å²) in [5, 5.41) is 3.31. The van der Waals surface area contributed by atoms with Crippen molar-refractivity contribution in [3.8, 4) is 0 Å². The van der Waals surface area contributed by atoms with E-state index in [1.54, 1.807) is 7.11 Å². The summed E-state index contributed by atoms with van der Waals surface area (Å²) in [6.07, 6.45) is 2.44. The molecule has 0 aliphatic heterocycles. The van der Waals surface area contributed by atoms with Gasteiger partial charge in [-0.1, -0.05) is 31.5 Å². The summed E-state index contributed by atoms with van der Waals surface area (Å²) < 4.78 is 5.25. The SMILES string of the molecule is CCCCN(CC(COC)NC)c1ccccc1. The predicted octanol–water partition coefficient (Wildman–Crippen LogP) is 2.53. The molecule has 1 aromatic carbocycles. The quantitative estimate of drug-likeness (QED) is 0.729. The number of benzene rings is 1. The van der Waals surface area contributed by atoms with Crippen molar-refractivity contribution in [3.63, 3.8) is 0 Å². The lowest BCUT2D eigenvalue weighted by Crippen LogP contribution is -2.42. The normalized spacial score (nSPS) is 12.4. The molecule has 0 radical (unpaired) electrons. The van der Waals surface area contributed by atoms with Gasteiger partial charge in [-0.05, 0) is 25.6 Å². The maximum atomic E-state index is 5.25. The molecule has 0 saturated heterocycles. The van der Waals surface area contributed by atoms with Crippen LogP contribution in [-0.2, 0) is 4.74 Å². The van der Waals surface area contributed by atoms with Gasteiger partial charge >= 0.3 is 0 Å². The number of hydrogen-bond acceptors (Lipinski definition) is 3. The van der Waals surface area contributed by atoms with Crippen LogP contribution in [0.3, 0.4) is 0 Å². The van der Waals surface area contributed by atoms with Gasteiger partial charge in [-0.15, -0.1) is 0 Å². The summed E-state index contributed by atoms with van der Waals surface area (Å²) in [5.41, 5.74) is 1.29. The van der Waals surface area contributed by atoms with E-state index in [2.05, 4.69) is 47.5 Å². The fourth-order valence-electron chi connectivity index (χ4n) is 2.01. The molecule has 102 valence electrons. The Kier molecular flexibility index (Phi) is 7.46. The number of nitrogens with one attached hydrogen (secondary N) is 1. The van der Waals surface area contributed by atoms with Crippen LogP contribution < -0.4 is 10.2 Å². The molecule has 0 heterocycles. The number of ether oxygens (including phenoxy) is 1. The lowest BCUT2D eigenvalue weighted by molar-refractivity contribution is 0.171. The van der Waals surface area contributed by atoms with Gasteiger partial charge in [0.25, 0.3) is 0 Å². The Balaban J connectivity index is 2.65. The van der Waals surface area contributed by atoms with Crippen molar-refractivity contribution in [1.29, 1.82) is 0 Å². The molecular weight excluding hydrogens is 224 g/mol. The molecule has 0 bridgehead atoms. The first-order valence-corrected chi connectivity index (χ1v) is 6.78. The smallest absolute Gasteiger partial charge is 0.0633 e. The van der Waals surface area contributed by atoms with Crippen molar-refractivity contribution in [2.24, 2.45) is 0 Å². The van der Waals surface area contributed by atoms with Crippen LogP contribution in [0.4, 0.5) is 5.69 Å². The average molecular weight is 250 g/mol. The van der Waals surface area contributed by atoms with E-state index < -0.39 is 0 Å². The van der Waals surface area contributed by atoms with Crippen LogP contribution in [-0.4, -0.2) is 39.9 Å². The maximum Gasteiger partial charge on any atom is 0.0633 e. The molecule has 0 saturated carbocycles. The van der Waals surface area contributed by atoms with E-state index in [-0.39, 0.29) is 0 Å². The summed E-state index contributed by atoms with van der Waals surface area (Å²) >= 11 is 0. The molecule has 3 nitrogen and oxygen atoms in total. The third-order valence-corrected chi connectivity index (χ3v) is 3.12. The lowest BCUT2D eigenvalue weighted by atomic mass is 10.2. The second-order valence-corrected chi connectivity index (χ2v) is 4.58. The van der Waals surface area contributed by atoms with Crippen molar-refractivity contribution in [3.05, 3.63) is 30.3 Å². The molecule has 1 unspecified atom stereocenters. The molecule has 0 aliphatic rings. The molecule has 18 heavy (non-hydrogen) atoms. The second kappa shape index (κ2) is 8.95. The van der Waals surface area contributed by atoms with Crippen molar-refractivity contribution in [2.45, 2.75) is 25.8 Å². The van der Waals surface area contributed by atoms with E-state index in [9.17, 15) is 0 Å². The van der Waals surface area contributed by atoms with Gasteiger partial charge < -0.3 is 15.0 Å². The highest BCUT2D eigenvalue weighted by Gasteiger charge is 2.12. The molecule has 3 heteroatoms. The Labute approximate surface area is 111 Å². The largest absolute Gasteiger partial charge is 0.383 e. The first-order chi connectivity index (χ1) is 8.81. The highest BCUT2D eigenvalue weighted by molar-refractivity contribution is 5.46. The summed E-state index contributed by atoms with van der Waals surface area (Å²) in [6, 6.07) is 11.0. The van der Waals surface area contributed by atoms with Gasteiger partial charge in [0.1, 0.15) is 0 Å². The first kappa shape index (κ1) is 15.0. The third kappa shape index (κ3) is 5.07. The molecule has 1 atom stereocenters. The number of hydrogen-bond donors (Lipinski definition) is 1. The van der Waals surface area contributed by atoms with Gasteiger partial charge in [-0.2, -0.15) is 0 Å². The van der Waals surface area contributed by atoms with Gasteiger partial charge in [0.05, 0.1) is 6.61 Å². The molecule has 1 N–H and O–H groups in total. The minimum Gasteiger partial charge on any atom is -0.383 e. The number of likely N-dealkylation sites (N-methyl/N-ethyl adjacent to an activating group) is 1. The first-order valence-electron chi connectivity index (χ1n) is 6.78. The molecule has 1 rings (SSSR count). The van der Waals surface area contributed by atoms with Gasteiger partial charge in [0.15, 0.2) is 0 Å². The summed E-state index contributed by atoms with van der Waals surface area (Å²) in [6.45, 7) is 5.05. The zero-order chi connectivity index (χ0) is 13.2. The van der Waals surface area contributed by atoms with Crippen LogP contribution in [0.25, 0.3) is 0 Å². The van der Waals surface area contributed by atoms with Crippen molar-refractivity contribution < 1.29 is 4.74 Å². The van der Waals surface area contributed by atoms with E-state index in [4.69, 9.17) is 4.74 Å². The topological polar surface area (TPSA) is 24.5 Å². The zero-order valence-corrected chi connectivity index (χ0v) is 11.9. The molecule has 0 aliphatic carbocycles. The van der Waals surface area contributed by atoms with Crippen molar-refractivity contribution >= 4 is 5.69 Å². The highest BCUT2D eigenvalue weighted by atomic mass is 16.5. The van der Waals surface area contributed by atoms with Crippen LogP contribution in [0.5, 0.6) is 0 Å². The summed E-state index contributed by atoms with van der Waals surface area (Å²) in [7, 11) is 3.75. The number of unbranched alkanes of at least 4 members (excludes halogenated alkanes) is 1. The van der Waals surface area contributed by atoms with Gasteiger partial charge in [-0.25, -0.2) is 0 Å². The zero-order valence-electron chi connectivity index (χ0n) is 11.9. The van der Waals surface area contributed by atoms with Gasteiger partial charge in [0.2, 0.25) is 0 Å². The number of methoxy groups -OCH3 is 1. The number of para-hydroxylation sites is 1. The Morgan fingerprint density at radius 3 is 2.56 bits per heavy atom. The molecule has 1 aromatic rings. The molecule has 0 spiro atoms. The summed E-state index contributed by atoms with van der Waals surface area (Å²) in [4.78, 5) is 2.43. The third-order valence-electron chi connectivity index (χ3n) is 3.12. The fraction of sp³-hybridized carbons (Fsp3) is 0.600. The molecule has 0 aromatic heterocycles. The maximum absolute atomic E-state index is 5.25. The molecule has 0 fully saturated rings. The Morgan fingerprint density at radius 2 is 2.00 bits per heavy atom. The number of rotatable bonds is 9. The summed E-state index contributed by atoms with van der Waals surface area (Å²) in [5.74, 6) is 0. The van der Waals surface area contributed by atoms with E-state index in [1.165, 1.54) is 18.5 Å². The number of nitrogens with zero attached hydrogens (tertiary/aromatic N) is 1. The van der Waals surface area contributed by atoms with E-state index in [0.717, 1.165) is 19.7 Å². The molecule has 0 amide bonds. The van der Waals surface area contributed by atoms with Crippen LogP contribution in [0.1, 0.15) is 19.8 Å². The highest BCUT2D eigenvalue weighted by Crippen LogP contribution is 2.14. The van der Waals surface area contributed by atoms with E-state index >= 15 is 0 Å². The van der Waals surface area contributed by atoms with Crippen LogP contribution in [0.2, 0.25) is 0 Å². The minimum atomic E-state index is 0.368. The van der Waals surface area contributed by atoms with Crippen LogP contribution in [0, 0.1) is 0 Å². The predicted molar refractivity (Wildman–Crippen MR) is 78.3 cm³/mol. The van der Waals surface area contributed by atoms with Crippen molar-refractivity contribution in [2.75, 3.05) is 38.8 Å².